The van der Waals surface area contributed by atoms with Crippen molar-refractivity contribution in [2.45, 2.75) is 153 Å². The number of hydrogen-bond donors (Lipinski definition) is 0. The molecule has 0 saturated carbocycles. The van der Waals surface area contributed by atoms with Gasteiger partial charge in [0.25, 0.3) is 0 Å². The maximum Gasteiger partial charge on any atom is 0.169 e. The van der Waals surface area contributed by atoms with Gasteiger partial charge in [-0.15, -0.1) is 0 Å². The lowest BCUT2D eigenvalue weighted by Crippen LogP contribution is -2.32. The Bertz CT molecular complexity index is 2530. The highest BCUT2D eigenvalue weighted by molar-refractivity contribution is 7.86. The molecule has 6 aromatic rings. The van der Waals surface area contributed by atoms with E-state index in [9.17, 15) is 25.9 Å². The van der Waals surface area contributed by atoms with E-state index in [1.807, 2.05) is 13.8 Å². The summed E-state index contributed by atoms with van der Waals surface area (Å²) < 4.78 is 78.8. The molecule has 74 heavy (non-hydrogen) atoms. The molecule has 0 aliphatic carbocycles. The van der Waals surface area contributed by atoms with E-state index in [0.717, 1.165) is 61.8 Å². The highest BCUT2D eigenvalue weighted by Gasteiger charge is 2.04. The van der Waals surface area contributed by atoms with Crippen LogP contribution in [0.3, 0.4) is 0 Å². The van der Waals surface area contributed by atoms with Crippen LogP contribution in [0, 0.1) is 13.8 Å². The molecule has 6 rings (SSSR count). The Morgan fingerprint density at radius 2 is 0.662 bits per heavy atom. The van der Waals surface area contributed by atoms with E-state index in [2.05, 4.69) is 145 Å². The Morgan fingerprint density at radius 3 is 0.973 bits per heavy atom. The molecule has 0 N–H and O–H groups in total. The second kappa shape index (κ2) is 34.5. The van der Waals surface area contributed by atoms with Crippen molar-refractivity contribution in [1.82, 2.24) is 0 Å². The summed E-state index contributed by atoms with van der Waals surface area (Å²) in [7, 11) is -8.54. The van der Waals surface area contributed by atoms with Crippen molar-refractivity contribution in [2.75, 3.05) is 13.2 Å². The predicted octanol–water partition coefficient (Wildman–Crippen LogP) is 14.1. The first-order valence-corrected chi connectivity index (χ1v) is 29.4. The Kier molecular flexibility index (Phi) is 28.3. The number of nitrogens with zero attached hydrogens (tertiary/aromatic N) is 2. The molecule has 0 amide bonds. The summed E-state index contributed by atoms with van der Waals surface area (Å²) in [4.78, 5) is -0.355. The number of aryl methyl sites for hydroxylation is 4. The first kappa shape index (κ1) is 60.6. The van der Waals surface area contributed by atoms with Crippen molar-refractivity contribution in [1.29, 1.82) is 0 Å². The van der Waals surface area contributed by atoms with Gasteiger partial charge in [-0.2, -0.15) is 0 Å². The molecular formula is C62H80N2O8S2. The minimum absolute atomic E-state index is 0.178. The number of benzene rings is 4. The molecule has 0 aliphatic heterocycles. The molecule has 10 nitrogen and oxygen atoms in total. The van der Waals surface area contributed by atoms with Gasteiger partial charge in [0, 0.05) is 37.1 Å². The Hall–Kier alpha value is -5.92. The predicted molar refractivity (Wildman–Crippen MR) is 299 cm³/mol. The first-order valence-electron chi connectivity index (χ1n) is 26.6. The SMILES string of the molecule is CCCCCCCOc1ccc(/C=C\c2cc[n+](CCCCCCCC[n+]3ccc(/C=C\c4ccc(OCCCCCCC)cc4)cc3)cc2)cc1.Cc1ccc(S(=O)(=O)[O-])cc1.Cc1ccc(S(=O)(=O)[O-])cc1. The maximum atomic E-state index is 10.4. The van der Waals surface area contributed by atoms with Crippen LogP contribution in [0.5, 0.6) is 11.5 Å². The number of pyridine rings is 2. The van der Waals surface area contributed by atoms with Crippen molar-refractivity contribution in [3.05, 3.63) is 179 Å². The smallest absolute Gasteiger partial charge is 0.169 e. The third-order valence-electron chi connectivity index (χ3n) is 12.3. The van der Waals surface area contributed by atoms with Crippen molar-refractivity contribution >= 4 is 44.5 Å². The average Bonchev–Trinajstić information content (AvgIpc) is 3.39. The van der Waals surface area contributed by atoms with Gasteiger partial charge in [-0.25, -0.2) is 26.0 Å². The largest absolute Gasteiger partial charge is 0.744 e. The third-order valence-corrected chi connectivity index (χ3v) is 14.0. The number of rotatable bonds is 29. The van der Waals surface area contributed by atoms with Crippen LogP contribution >= 0.6 is 0 Å². The van der Waals surface area contributed by atoms with E-state index in [1.54, 1.807) is 24.3 Å². The molecule has 0 fully saturated rings. The van der Waals surface area contributed by atoms with E-state index in [4.69, 9.17) is 9.47 Å². The van der Waals surface area contributed by atoms with Gasteiger partial charge in [-0.05, 0) is 110 Å². The molecule has 2 heterocycles. The summed E-state index contributed by atoms with van der Waals surface area (Å²) in [6.07, 6.45) is 37.8. The molecule has 398 valence electrons. The Labute approximate surface area is 444 Å². The molecule has 4 aromatic carbocycles. The van der Waals surface area contributed by atoms with E-state index in [-0.39, 0.29) is 9.79 Å². The number of aromatic nitrogens is 2. The van der Waals surface area contributed by atoms with Gasteiger partial charge >= 0.3 is 0 Å². The molecule has 0 unspecified atom stereocenters. The molecule has 0 saturated heterocycles. The zero-order valence-corrected chi connectivity index (χ0v) is 45.9. The summed E-state index contributed by atoms with van der Waals surface area (Å²) in [6.45, 7) is 11.9. The van der Waals surface area contributed by atoms with Gasteiger partial charge in [-0.3, -0.25) is 0 Å². The van der Waals surface area contributed by atoms with E-state index in [1.165, 1.54) is 136 Å². The lowest BCUT2D eigenvalue weighted by Gasteiger charge is -2.06. The minimum atomic E-state index is -4.27. The van der Waals surface area contributed by atoms with Crippen molar-refractivity contribution < 1.29 is 44.5 Å². The van der Waals surface area contributed by atoms with Gasteiger partial charge in [0.2, 0.25) is 0 Å². The number of unbranched alkanes of at least 4 members (excludes halogenated alkanes) is 13. The van der Waals surface area contributed by atoms with Gasteiger partial charge < -0.3 is 18.6 Å². The average molecular weight is 1050 g/mol. The number of hydrogen-bond acceptors (Lipinski definition) is 8. The summed E-state index contributed by atoms with van der Waals surface area (Å²) >= 11 is 0. The van der Waals surface area contributed by atoms with Crippen molar-refractivity contribution in [3.63, 3.8) is 0 Å². The van der Waals surface area contributed by atoms with Crippen LogP contribution in [0.25, 0.3) is 24.3 Å². The van der Waals surface area contributed by atoms with Gasteiger partial charge in [0.05, 0.1) is 23.0 Å². The second-order valence-electron chi connectivity index (χ2n) is 18.7. The molecule has 0 spiro atoms. The van der Waals surface area contributed by atoms with Gasteiger partial charge in [-0.1, -0.05) is 162 Å². The zero-order chi connectivity index (χ0) is 53.3. The molecule has 0 radical (unpaired) electrons. The summed E-state index contributed by atoms with van der Waals surface area (Å²) in [5, 5.41) is 0. The lowest BCUT2D eigenvalue weighted by molar-refractivity contribution is -0.697. The van der Waals surface area contributed by atoms with E-state index < -0.39 is 20.2 Å². The monoisotopic (exact) mass is 1040 g/mol. The van der Waals surface area contributed by atoms with Crippen molar-refractivity contribution in [3.8, 4) is 11.5 Å². The quantitative estimate of drug-likeness (QED) is 0.0257. The summed E-state index contributed by atoms with van der Waals surface area (Å²) in [5.41, 5.74) is 6.69. The van der Waals surface area contributed by atoms with E-state index in [0.29, 0.717) is 0 Å². The standard InChI is InChI=1S/C48H66N2O2.2C7H8O3S/c1-3-5-7-13-17-41-51-47-27-23-43(24-28-47)19-21-45-31-37-49(38-32-45)35-15-11-9-10-12-16-36-50-39-33-46(34-40-50)22-20-44-25-29-48(30-26-44)52-42-18-14-8-6-4-2;2*1-6-2-4-7(5-3-6)11(8,9)10/h19-34,37-40H,3-18,35-36,41-42H2,1-2H3;2*2-5H,1H3,(H,8,9,10)/q+2;;/p-2/b21-19-,22-20-;;. The lowest BCUT2D eigenvalue weighted by atomic mass is 10.1. The fourth-order valence-electron chi connectivity index (χ4n) is 7.69. The zero-order valence-electron chi connectivity index (χ0n) is 44.3. The highest BCUT2D eigenvalue weighted by atomic mass is 32.2. The second-order valence-corrected chi connectivity index (χ2v) is 21.5. The Balaban J connectivity index is 0.000000439. The minimum Gasteiger partial charge on any atom is -0.744 e. The molecule has 0 bridgehead atoms. The van der Waals surface area contributed by atoms with Crippen LogP contribution in [0.1, 0.15) is 150 Å². The first-order chi connectivity index (χ1) is 35.7. The molecular weight excluding hydrogens is 965 g/mol. The fraction of sp³-hybridized carbons (Fsp3) is 0.387. The fourth-order valence-corrected chi connectivity index (χ4v) is 8.63. The maximum absolute atomic E-state index is 10.4. The van der Waals surface area contributed by atoms with Crippen LogP contribution in [0.2, 0.25) is 0 Å². The molecule has 2 aromatic heterocycles. The van der Waals surface area contributed by atoms with Crippen LogP contribution in [-0.2, 0) is 33.3 Å². The highest BCUT2D eigenvalue weighted by Crippen LogP contribution is 2.18. The number of ether oxygens (including phenoxy) is 2. The van der Waals surface area contributed by atoms with E-state index >= 15 is 0 Å². The summed E-state index contributed by atoms with van der Waals surface area (Å²) in [6, 6.07) is 37.2. The molecule has 0 aliphatic rings. The normalized spacial score (nSPS) is 11.5. The molecule has 12 heteroatoms. The van der Waals surface area contributed by atoms with Crippen LogP contribution in [-0.4, -0.2) is 39.2 Å². The topological polar surface area (TPSA) is 141 Å². The van der Waals surface area contributed by atoms with Crippen LogP contribution in [0.4, 0.5) is 0 Å². The van der Waals surface area contributed by atoms with Crippen molar-refractivity contribution in [2.24, 2.45) is 0 Å². The Morgan fingerprint density at radius 1 is 0.378 bits per heavy atom. The summed E-state index contributed by atoms with van der Waals surface area (Å²) in [5.74, 6) is 1.93. The third kappa shape index (κ3) is 26.3. The van der Waals surface area contributed by atoms with Crippen LogP contribution < -0.4 is 18.6 Å². The van der Waals surface area contributed by atoms with Gasteiger partial charge in [0.15, 0.2) is 24.8 Å². The van der Waals surface area contributed by atoms with Crippen LogP contribution in [0.15, 0.2) is 156 Å². The van der Waals surface area contributed by atoms with Gasteiger partial charge in [0.1, 0.15) is 44.8 Å². The molecule has 0 atom stereocenters.